The normalized spacial score (nSPS) is 23.7. The predicted molar refractivity (Wildman–Crippen MR) is 81.3 cm³/mol. The summed E-state index contributed by atoms with van der Waals surface area (Å²) in [4.78, 5) is 11.4. The van der Waals surface area contributed by atoms with E-state index in [-0.39, 0.29) is 17.1 Å². The molecule has 2 atom stereocenters. The van der Waals surface area contributed by atoms with Crippen LogP contribution >= 0.6 is 0 Å². The molecule has 0 amide bonds. The Morgan fingerprint density at radius 2 is 1.77 bits per heavy atom. The van der Waals surface area contributed by atoms with E-state index in [4.69, 9.17) is 9.15 Å². The molecule has 0 bridgehead atoms. The van der Waals surface area contributed by atoms with E-state index in [0.29, 0.717) is 24.1 Å². The van der Waals surface area contributed by atoms with Crippen LogP contribution < -0.4 is 5.63 Å². The summed E-state index contributed by atoms with van der Waals surface area (Å²) in [6.07, 6.45) is -0.283. The number of ether oxygens (including phenoxy) is 1. The average molecular weight is 323 g/mol. The number of sulfonamides is 1. The highest BCUT2D eigenvalue weighted by Gasteiger charge is 2.32. The number of fused-ring (bicyclic) bond motifs is 1. The Morgan fingerprint density at radius 1 is 1.09 bits per heavy atom. The fourth-order valence-electron chi connectivity index (χ4n) is 2.69. The van der Waals surface area contributed by atoms with Gasteiger partial charge in [0.1, 0.15) is 5.58 Å². The molecule has 6 nitrogen and oxygen atoms in total. The van der Waals surface area contributed by atoms with Crippen LogP contribution in [0.15, 0.2) is 44.4 Å². The Morgan fingerprint density at radius 3 is 2.45 bits per heavy atom. The maximum absolute atomic E-state index is 12.8. The Labute approximate surface area is 128 Å². The SMILES string of the molecule is C[C@@H]1CN(S(=O)(=O)c2ccc3oc(=O)ccc3c2)C[C@H](C)O1. The molecular formula is C15H17NO5S. The molecule has 22 heavy (non-hydrogen) atoms. The summed E-state index contributed by atoms with van der Waals surface area (Å²) in [5, 5.41) is 0.579. The second-order valence-electron chi connectivity index (χ2n) is 5.53. The van der Waals surface area contributed by atoms with E-state index in [2.05, 4.69) is 0 Å². The van der Waals surface area contributed by atoms with E-state index in [1.54, 1.807) is 6.07 Å². The summed E-state index contributed by atoms with van der Waals surface area (Å²) >= 11 is 0. The molecule has 0 saturated carbocycles. The highest BCUT2D eigenvalue weighted by Crippen LogP contribution is 2.24. The van der Waals surface area contributed by atoms with Gasteiger partial charge in [-0.1, -0.05) is 0 Å². The summed E-state index contributed by atoms with van der Waals surface area (Å²) in [6.45, 7) is 4.36. The molecule has 0 unspecified atom stereocenters. The van der Waals surface area contributed by atoms with Gasteiger partial charge in [-0.25, -0.2) is 13.2 Å². The largest absolute Gasteiger partial charge is 0.423 e. The van der Waals surface area contributed by atoms with Crippen LogP contribution in [-0.2, 0) is 14.8 Å². The standard InChI is InChI=1S/C15H17NO5S/c1-10-8-16(9-11(2)20-10)22(18,19)13-4-5-14-12(7-13)3-6-15(17)21-14/h3-7,10-11H,8-9H2,1-2H3/t10-,11+. The molecule has 0 N–H and O–H groups in total. The molecule has 1 aromatic heterocycles. The van der Waals surface area contributed by atoms with E-state index >= 15 is 0 Å². The lowest BCUT2D eigenvalue weighted by molar-refractivity contribution is -0.0440. The minimum Gasteiger partial charge on any atom is -0.423 e. The Balaban J connectivity index is 2.01. The third-order valence-electron chi connectivity index (χ3n) is 3.61. The zero-order chi connectivity index (χ0) is 15.9. The zero-order valence-electron chi connectivity index (χ0n) is 12.4. The first-order valence-electron chi connectivity index (χ1n) is 7.06. The summed E-state index contributed by atoms with van der Waals surface area (Å²) < 4.78 is 37.6. The van der Waals surface area contributed by atoms with Crippen molar-refractivity contribution in [2.24, 2.45) is 0 Å². The lowest BCUT2D eigenvalue weighted by Crippen LogP contribution is -2.48. The second kappa shape index (κ2) is 5.49. The van der Waals surface area contributed by atoms with E-state index < -0.39 is 15.6 Å². The third-order valence-corrected chi connectivity index (χ3v) is 5.44. The molecule has 1 fully saturated rings. The van der Waals surface area contributed by atoms with Crippen molar-refractivity contribution in [3.63, 3.8) is 0 Å². The van der Waals surface area contributed by atoms with Gasteiger partial charge in [-0.2, -0.15) is 4.31 Å². The zero-order valence-corrected chi connectivity index (χ0v) is 13.2. The number of hydrogen-bond acceptors (Lipinski definition) is 5. The monoisotopic (exact) mass is 323 g/mol. The van der Waals surface area contributed by atoms with Crippen molar-refractivity contribution in [1.82, 2.24) is 4.31 Å². The summed E-state index contributed by atoms with van der Waals surface area (Å²) in [7, 11) is -3.60. The number of rotatable bonds is 2. The smallest absolute Gasteiger partial charge is 0.336 e. The molecule has 118 valence electrons. The first kappa shape index (κ1) is 15.2. The number of nitrogens with zero attached hydrogens (tertiary/aromatic N) is 1. The lowest BCUT2D eigenvalue weighted by atomic mass is 10.2. The maximum atomic E-state index is 12.8. The maximum Gasteiger partial charge on any atom is 0.336 e. The van der Waals surface area contributed by atoms with Gasteiger partial charge < -0.3 is 9.15 Å². The highest BCUT2D eigenvalue weighted by atomic mass is 32.2. The molecule has 2 aromatic rings. The van der Waals surface area contributed by atoms with Crippen LogP contribution in [0.5, 0.6) is 0 Å². The van der Waals surface area contributed by atoms with Crippen molar-refractivity contribution >= 4 is 21.0 Å². The van der Waals surface area contributed by atoms with Crippen LogP contribution in [0.4, 0.5) is 0 Å². The average Bonchev–Trinajstić information content (AvgIpc) is 2.45. The van der Waals surface area contributed by atoms with Gasteiger partial charge in [-0.3, -0.25) is 0 Å². The molecule has 0 radical (unpaired) electrons. The van der Waals surface area contributed by atoms with E-state index in [9.17, 15) is 13.2 Å². The highest BCUT2D eigenvalue weighted by molar-refractivity contribution is 7.89. The minimum atomic E-state index is -3.60. The number of hydrogen-bond donors (Lipinski definition) is 0. The molecule has 3 rings (SSSR count). The van der Waals surface area contributed by atoms with Crippen LogP contribution in [0, 0.1) is 0 Å². The van der Waals surface area contributed by atoms with Gasteiger partial charge in [0.2, 0.25) is 10.0 Å². The third kappa shape index (κ3) is 2.79. The van der Waals surface area contributed by atoms with Crippen LogP contribution in [0.3, 0.4) is 0 Å². The van der Waals surface area contributed by atoms with Crippen molar-refractivity contribution in [2.75, 3.05) is 13.1 Å². The fourth-order valence-corrected chi connectivity index (χ4v) is 4.31. The van der Waals surface area contributed by atoms with Crippen molar-refractivity contribution in [3.05, 3.63) is 40.8 Å². The summed E-state index contributed by atoms with van der Waals surface area (Å²) in [5.41, 5.74) is -0.0888. The van der Waals surface area contributed by atoms with E-state index in [0.717, 1.165) is 0 Å². The minimum absolute atomic E-state index is 0.142. The van der Waals surface area contributed by atoms with Crippen molar-refractivity contribution in [1.29, 1.82) is 0 Å². The van der Waals surface area contributed by atoms with Gasteiger partial charge in [0, 0.05) is 24.5 Å². The number of benzene rings is 1. The van der Waals surface area contributed by atoms with Crippen LogP contribution in [0.1, 0.15) is 13.8 Å². The van der Waals surface area contributed by atoms with Crippen LogP contribution in [0.25, 0.3) is 11.0 Å². The molecule has 1 saturated heterocycles. The number of morpholine rings is 1. The Hall–Kier alpha value is -1.70. The summed E-state index contributed by atoms with van der Waals surface area (Å²) in [5.74, 6) is 0. The van der Waals surface area contributed by atoms with Gasteiger partial charge in [0.15, 0.2) is 0 Å². The molecular weight excluding hydrogens is 306 g/mol. The molecule has 2 heterocycles. The first-order chi connectivity index (χ1) is 10.4. The Bertz CT molecular complexity index is 848. The van der Waals surface area contributed by atoms with Crippen molar-refractivity contribution in [3.8, 4) is 0 Å². The fraction of sp³-hybridized carbons (Fsp3) is 0.400. The van der Waals surface area contributed by atoms with E-state index in [1.165, 1.54) is 28.6 Å². The van der Waals surface area contributed by atoms with Crippen molar-refractivity contribution in [2.45, 2.75) is 31.0 Å². The van der Waals surface area contributed by atoms with E-state index in [1.807, 2.05) is 13.8 Å². The van der Waals surface area contributed by atoms with Gasteiger partial charge >= 0.3 is 5.63 Å². The summed E-state index contributed by atoms with van der Waals surface area (Å²) in [6, 6.07) is 7.34. The molecule has 0 aliphatic carbocycles. The quantitative estimate of drug-likeness (QED) is 0.785. The Kier molecular flexibility index (Phi) is 3.80. The molecule has 1 aliphatic heterocycles. The van der Waals surface area contributed by atoms with Crippen molar-refractivity contribution < 1.29 is 17.6 Å². The lowest BCUT2D eigenvalue weighted by Gasteiger charge is -2.34. The molecule has 0 spiro atoms. The molecule has 1 aromatic carbocycles. The first-order valence-corrected chi connectivity index (χ1v) is 8.50. The molecule has 1 aliphatic rings. The molecule has 7 heteroatoms. The van der Waals surface area contributed by atoms with Gasteiger partial charge in [-0.05, 0) is 38.1 Å². The topological polar surface area (TPSA) is 76.8 Å². The van der Waals surface area contributed by atoms with Crippen LogP contribution in [0.2, 0.25) is 0 Å². The van der Waals surface area contributed by atoms with Gasteiger partial charge in [-0.15, -0.1) is 0 Å². The predicted octanol–water partition coefficient (Wildman–Crippen LogP) is 1.59. The van der Waals surface area contributed by atoms with Gasteiger partial charge in [0.05, 0.1) is 17.1 Å². The van der Waals surface area contributed by atoms with Crippen LogP contribution in [-0.4, -0.2) is 38.0 Å². The second-order valence-corrected chi connectivity index (χ2v) is 7.47. The van der Waals surface area contributed by atoms with Gasteiger partial charge in [0.25, 0.3) is 0 Å².